The van der Waals surface area contributed by atoms with E-state index in [9.17, 15) is 13.2 Å². The Morgan fingerprint density at radius 2 is 1.50 bits per heavy atom. The molecule has 4 rings (SSSR count). The van der Waals surface area contributed by atoms with E-state index < -0.39 is 10.0 Å². The molecule has 1 amide bonds. The first-order valence-electron chi connectivity index (χ1n) is 10.8. The van der Waals surface area contributed by atoms with Gasteiger partial charge in [0.2, 0.25) is 15.9 Å². The molecule has 1 aliphatic heterocycles. The van der Waals surface area contributed by atoms with Crippen LogP contribution in [0.25, 0.3) is 10.8 Å². The molecule has 0 aromatic heterocycles. The summed E-state index contributed by atoms with van der Waals surface area (Å²) in [6.45, 7) is 8.04. The molecule has 1 fully saturated rings. The minimum Gasteiger partial charge on any atom is -0.324 e. The van der Waals surface area contributed by atoms with E-state index in [0.717, 1.165) is 27.6 Å². The van der Waals surface area contributed by atoms with Crippen molar-refractivity contribution in [1.82, 2.24) is 9.21 Å². The number of fused-ring (bicyclic) bond motifs is 1. The Bertz CT molecular complexity index is 1240. The van der Waals surface area contributed by atoms with Gasteiger partial charge in [0.15, 0.2) is 0 Å². The van der Waals surface area contributed by atoms with Gasteiger partial charge in [-0.05, 0) is 54.8 Å². The number of aryl methyl sites for hydroxylation is 3. The van der Waals surface area contributed by atoms with Gasteiger partial charge in [0.25, 0.3) is 0 Å². The lowest BCUT2D eigenvalue weighted by Gasteiger charge is -2.33. The number of piperazine rings is 1. The largest absolute Gasteiger partial charge is 0.324 e. The van der Waals surface area contributed by atoms with Gasteiger partial charge in [0, 0.05) is 31.9 Å². The average molecular weight is 452 g/mol. The minimum absolute atomic E-state index is 0.0779. The van der Waals surface area contributed by atoms with Crippen molar-refractivity contribution in [2.75, 3.05) is 38.0 Å². The van der Waals surface area contributed by atoms with Crippen LogP contribution in [-0.2, 0) is 14.8 Å². The van der Waals surface area contributed by atoms with Gasteiger partial charge in [-0.3, -0.25) is 9.69 Å². The van der Waals surface area contributed by atoms with Crippen molar-refractivity contribution < 1.29 is 13.2 Å². The van der Waals surface area contributed by atoms with Crippen LogP contribution < -0.4 is 5.32 Å². The second-order valence-electron chi connectivity index (χ2n) is 8.51. The fourth-order valence-electron chi connectivity index (χ4n) is 4.36. The normalized spacial score (nSPS) is 15.7. The number of hydrogen-bond acceptors (Lipinski definition) is 4. The molecule has 0 bridgehead atoms. The second kappa shape index (κ2) is 9.02. The third-order valence-electron chi connectivity index (χ3n) is 6.00. The lowest BCUT2D eigenvalue weighted by Crippen LogP contribution is -2.50. The highest BCUT2D eigenvalue weighted by atomic mass is 32.2. The van der Waals surface area contributed by atoms with E-state index >= 15 is 0 Å². The number of rotatable bonds is 5. The summed E-state index contributed by atoms with van der Waals surface area (Å²) < 4.78 is 27.8. The van der Waals surface area contributed by atoms with E-state index in [1.807, 2.05) is 56.0 Å². The van der Waals surface area contributed by atoms with Crippen LogP contribution in [0.2, 0.25) is 0 Å². The molecule has 1 saturated heterocycles. The van der Waals surface area contributed by atoms with Crippen LogP contribution in [-0.4, -0.2) is 56.3 Å². The summed E-state index contributed by atoms with van der Waals surface area (Å²) in [7, 11) is -3.56. The smallest absolute Gasteiger partial charge is 0.243 e. The van der Waals surface area contributed by atoms with E-state index in [1.165, 1.54) is 9.87 Å². The Morgan fingerprint density at radius 1 is 0.875 bits per heavy atom. The van der Waals surface area contributed by atoms with Gasteiger partial charge in [0.05, 0.1) is 11.4 Å². The number of carbonyl (C=O) groups excluding carboxylic acids is 1. The summed E-state index contributed by atoms with van der Waals surface area (Å²) in [5.41, 5.74) is 4.11. The quantitative estimate of drug-likeness (QED) is 0.642. The lowest BCUT2D eigenvalue weighted by molar-refractivity contribution is -0.117. The van der Waals surface area contributed by atoms with E-state index in [2.05, 4.69) is 17.4 Å². The zero-order valence-corrected chi connectivity index (χ0v) is 19.6. The molecular formula is C25H29N3O3S. The molecule has 168 valence electrons. The summed E-state index contributed by atoms with van der Waals surface area (Å²) in [4.78, 5) is 14.9. The standard InChI is InChI=1S/C25H29N3O3S/c1-18-14-19(2)25(20(3)15-18)26-24(29)17-27-10-12-28(13-11-27)32(30,31)23-9-8-21-6-4-5-7-22(21)16-23/h4-9,14-16H,10-13,17H2,1-3H3,(H,26,29). The molecule has 0 aliphatic carbocycles. The predicted molar refractivity (Wildman–Crippen MR) is 128 cm³/mol. The molecule has 0 saturated carbocycles. The molecule has 0 spiro atoms. The van der Waals surface area contributed by atoms with Crippen LogP contribution >= 0.6 is 0 Å². The molecule has 6 nitrogen and oxygen atoms in total. The number of benzene rings is 3. The number of amides is 1. The van der Waals surface area contributed by atoms with Crippen LogP contribution in [0.1, 0.15) is 16.7 Å². The third-order valence-corrected chi connectivity index (χ3v) is 7.89. The predicted octanol–water partition coefficient (Wildman–Crippen LogP) is 3.71. The van der Waals surface area contributed by atoms with Gasteiger partial charge in [-0.2, -0.15) is 4.31 Å². The number of nitrogens with zero attached hydrogens (tertiary/aromatic N) is 2. The Kier molecular flexibility index (Phi) is 6.33. The number of carbonyl (C=O) groups is 1. The van der Waals surface area contributed by atoms with Crippen LogP contribution in [0, 0.1) is 20.8 Å². The molecule has 32 heavy (non-hydrogen) atoms. The zero-order chi connectivity index (χ0) is 22.9. The van der Waals surface area contributed by atoms with E-state index in [4.69, 9.17) is 0 Å². The van der Waals surface area contributed by atoms with Crippen molar-refractivity contribution in [2.45, 2.75) is 25.7 Å². The van der Waals surface area contributed by atoms with Crippen molar-refractivity contribution in [2.24, 2.45) is 0 Å². The number of anilines is 1. The number of nitrogens with one attached hydrogen (secondary N) is 1. The molecule has 0 atom stereocenters. The van der Waals surface area contributed by atoms with Gasteiger partial charge in [0.1, 0.15) is 0 Å². The van der Waals surface area contributed by atoms with E-state index in [1.54, 1.807) is 12.1 Å². The van der Waals surface area contributed by atoms with Gasteiger partial charge >= 0.3 is 0 Å². The molecule has 0 radical (unpaired) electrons. The van der Waals surface area contributed by atoms with Crippen LogP contribution in [0.5, 0.6) is 0 Å². The Balaban J connectivity index is 1.37. The highest BCUT2D eigenvalue weighted by Crippen LogP contribution is 2.24. The second-order valence-corrected chi connectivity index (χ2v) is 10.4. The van der Waals surface area contributed by atoms with Crippen molar-refractivity contribution in [1.29, 1.82) is 0 Å². The maximum absolute atomic E-state index is 13.1. The summed E-state index contributed by atoms with van der Waals surface area (Å²) >= 11 is 0. The minimum atomic E-state index is -3.56. The monoisotopic (exact) mass is 451 g/mol. The highest BCUT2D eigenvalue weighted by Gasteiger charge is 2.29. The molecule has 1 heterocycles. The maximum atomic E-state index is 13.1. The summed E-state index contributed by atoms with van der Waals surface area (Å²) in [5.74, 6) is -0.0779. The first kappa shape index (κ1) is 22.5. The Hall–Kier alpha value is -2.74. The zero-order valence-electron chi connectivity index (χ0n) is 18.8. The van der Waals surface area contributed by atoms with E-state index in [0.29, 0.717) is 31.1 Å². The lowest BCUT2D eigenvalue weighted by atomic mass is 10.1. The Labute approximate surface area is 189 Å². The molecule has 0 unspecified atom stereocenters. The SMILES string of the molecule is Cc1cc(C)c(NC(=O)CN2CCN(S(=O)(=O)c3ccc4ccccc4c3)CC2)c(C)c1. The average Bonchev–Trinajstić information content (AvgIpc) is 2.76. The van der Waals surface area contributed by atoms with Crippen molar-refractivity contribution in [3.63, 3.8) is 0 Å². The first-order valence-corrected chi connectivity index (χ1v) is 12.3. The maximum Gasteiger partial charge on any atom is 0.243 e. The molecule has 3 aromatic carbocycles. The van der Waals surface area contributed by atoms with Crippen LogP contribution in [0.3, 0.4) is 0 Å². The van der Waals surface area contributed by atoms with E-state index in [-0.39, 0.29) is 12.5 Å². The fourth-order valence-corrected chi connectivity index (χ4v) is 5.82. The van der Waals surface area contributed by atoms with Gasteiger partial charge in [-0.15, -0.1) is 0 Å². The molecule has 1 aliphatic rings. The number of hydrogen-bond donors (Lipinski definition) is 1. The summed E-state index contributed by atoms with van der Waals surface area (Å²) in [6, 6.07) is 17.1. The van der Waals surface area contributed by atoms with Gasteiger partial charge < -0.3 is 5.32 Å². The highest BCUT2D eigenvalue weighted by molar-refractivity contribution is 7.89. The first-order chi connectivity index (χ1) is 15.2. The third kappa shape index (κ3) is 4.70. The molecule has 1 N–H and O–H groups in total. The van der Waals surface area contributed by atoms with Crippen molar-refractivity contribution in [3.05, 3.63) is 71.3 Å². The van der Waals surface area contributed by atoms with Crippen molar-refractivity contribution >= 4 is 32.4 Å². The van der Waals surface area contributed by atoms with Crippen LogP contribution in [0.15, 0.2) is 59.5 Å². The fraction of sp³-hybridized carbons (Fsp3) is 0.320. The summed E-state index contributed by atoms with van der Waals surface area (Å²) in [5, 5.41) is 4.95. The van der Waals surface area contributed by atoms with Crippen molar-refractivity contribution in [3.8, 4) is 0 Å². The topological polar surface area (TPSA) is 69.7 Å². The molecular weight excluding hydrogens is 422 g/mol. The van der Waals surface area contributed by atoms with Gasteiger partial charge in [-0.25, -0.2) is 8.42 Å². The molecule has 3 aromatic rings. The number of sulfonamides is 1. The molecule has 7 heteroatoms. The Morgan fingerprint density at radius 3 is 2.16 bits per heavy atom. The summed E-state index contributed by atoms with van der Waals surface area (Å²) in [6.07, 6.45) is 0. The van der Waals surface area contributed by atoms with Gasteiger partial charge in [-0.1, -0.05) is 48.0 Å². The van der Waals surface area contributed by atoms with Crippen LogP contribution in [0.4, 0.5) is 5.69 Å².